The maximum Gasteiger partial charge on any atom is 0.227 e. The number of allylic oxidation sites excluding steroid dienone is 1. The Balaban J connectivity index is 1.42. The zero-order valence-corrected chi connectivity index (χ0v) is 15.3. The molecule has 4 rings (SSSR count). The summed E-state index contributed by atoms with van der Waals surface area (Å²) in [5.74, 6) is 1.12. The molecule has 5 nitrogen and oxygen atoms in total. The molecule has 0 saturated carbocycles. The number of pyridine rings is 1. The Morgan fingerprint density at radius 3 is 2.37 bits per heavy atom. The van der Waals surface area contributed by atoms with Gasteiger partial charge in [-0.2, -0.15) is 0 Å². The van der Waals surface area contributed by atoms with Crippen LogP contribution in [0.5, 0.6) is 0 Å². The van der Waals surface area contributed by atoms with E-state index in [-0.39, 0.29) is 18.1 Å². The Labute approximate surface area is 159 Å². The summed E-state index contributed by atoms with van der Waals surface area (Å²) in [4.78, 5) is 33.6. The third kappa shape index (κ3) is 3.77. The minimum Gasteiger partial charge on any atom is -0.353 e. The Hall–Kier alpha value is -2.95. The van der Waals surface area contributed by atoms with E-state index < -0.39 is 0 Å². The molecule has 27 heavy (non-hydrogen) atoms. The third-order valence-electron chi connectivity index (χ3n) is 5.36. The summed E-state index contributed by atoms with van der Waals surface area (Å²) in [7, 11) is 0. The van der Waals surface area contributed by atoms with Crippen molar-refractivity contribution in [2.45, 2.75) is 19.3 Å². The summed E-state index contributed by atoms with van der Waals surface area (Å²) in [5.41, 5.74) is 2.81. The molecule has 0 N–H and O–H groups in total. The number of rotatable bonds is 4. The van der Waals surface area contributed by atoms with Gasteiger partial charge in [0.1, 0.15) is 5.82 Å². The molecule has 1 amide bonds. The fourth-order valence-corrected chi connectivity index (χ4v) is 3.86. The molecule has 1 aliphatic carbocycles. The van der Waals surface area contributed by atoms with E-state index >= 15 is 0 Å². The largest absolute Gasteiger partial charge is 0.353 e. The van der Waals surface area contributed by atoms with Crippen LogP contribution in [0.25, 0.3) is 5.57 Å². The number of ketones is 1. The van der Waals surface area contributed by atoms with E-state index in [4.69, 9.17) is 0 Å². The molecule has 1 aromatic carbocycles. The van der Waals surface area contributed by atoms with E-state index in [0.29, 0.717) is 25.1 Å². The van der Waals surface area contributed by atoms with Crippen LogP contribution in [-0.4, -0.2) is 47.8 Å². The maximum atomic E-state index is 12.8. The van der Waals surface area contributed by atoms with Crippen molar-refractivity contribution in [2.75, 3.05) is 31.1 Å². The normalized spacial score (nSPS) is 17.6. The van der Waals surface area contributed by atoms with Crippen molar-refractivity contribution in [1.82, 2.24) is 9.88 Å². The van der Waals surface area contributed by atoms with Crippen molar-refractivity contribution in [3.05, 3.63) is 65.9 Å². The van der Waals surface area contributed by atoms with E-state index in [2.05, 4.69) is 9.88 Å². The predicted molar refractivity (Wildman–Crippen MR) is 105 cm³/mol. The highest BCUT2D eigenvalue weighted by Gasteiger charge is 2.29. The Bertz CT molecular complexity index is 854. The van der Waals surface area contributed by atoms with Crippen molar-refractivity contribution < 1.29 is 9.59 Å². The summed E-state index contributed by atoms with van der Waals surface area (Å²) in [6.07, 6.45) is 3.25. The van der Waals surface area contributed by atoms with Crippen LogP contribution in [0.15, 0.2) is 60.3 Å². The van der Waals surface area contributed by atoms with E-state index in [1.165, 1.54) is 0 Å². The monoisotopic (exact) mass is 361 g/mol. The number of anilines is 1. The standard InChI is InChI=1S/C22H23N3O2/c26-20-10-9-18(17-6-2-1-3-7-17)19(20)16-22(27)25-14-12-24(13-15-25)21-8-4-5-11-23-21/h1-8,11H,9-10,12-16H2. The van der Waals surface area contributed by atoms with Gasteiger partial charge in [0.2, 0.25) is 5.91 Å². The van der Waals surface area contributed by atoms with Gasteiger partial charge in [-0.05, 0) is 29.7 Å². The molecule has 2 aromatic rings. The molecule has 0 unspecified atom stereocenters. The maximum absolute atomic E-state index is 12.8. The number of nitrogens with zero attached hydrogens (tertiary/aromatic N) is 3. The average Bonchev–Trinajstić information content (AvgIpc) is 3.09. The summed E-state index contributed by atoms with van der Waals surface area (Å²) in [6, 6.07) is 15.8. The van der Waals surface area contributed by atoms with E-state index in [1.54, 1.807) is 6.20 Å². The van der Waals surface area contributed by atoms with Crippen LogP contribution in [0.1, 0.15) is 24.8 Å². The second kappa shape index (κ2) is 7.74. The first-order valence-corrected chi connectivity index (χ1v) is 9.47. The lowest BCUT2D eigenvalue weighted by Crippen LogP contribution is -2.49. The Morgan fingerprint density at radius 2 is 1.67 bits per heavy atom. The lowest BCUT2D eigenvalue weighted by atomic mass is 9.99. The molecule has 0 bridgehead atoms. The van der Waals surface area contributed by atoms with Crippen molar-refractivity contribution in [1.29, 1.82) is 0 Å². The molecule has 1 saturated heterocycles. The van der Waals surface area contributed by atoms with Crippen molar-refractivity contribution in [3.63, 3.8) is 0 Å². The summed E-state index contributed by atoms with van der Waals surface area (Å²) in [6.45, 7) is 2.86. The second-order valence-electron chi connectivity index (χ2n) is 6.98. The number of carbonyl (C=O) groups excluding carboxylic acids is 2. The molecule has 0 atom stereocenters. The van der Waals surface area contributed by atoms with E-state index in [9.17, 15) is 9.59 Å². The highest BCUT2D eigenvalue weighted by atomic mass is 16.2. The third-order valence-corrected chi connectivity index (χ3v) is 5.36. The number of hydrogen-bond donors (Lipinski definition) is 0. The smallest absolute Gasteiger partial charge is 0.227 e. The molecular weight excluding hydrogens is 338 g/mol. The SMILES string of the molecule is O=C1CCC(c2ccccc2)=C1CC(=O)N1CCN(c2ccccn2)CC1. The minimum atomic E-state index is 0.0503. The average molecular weight is 361 g/mol. The number of amides is 1. The fourth-order valence-electron chi connectivity index (χ4n) is 3.86. The lowest BCUT2D eigenvalue weighted by molar-refractivity contribution is -0.131. The van der Waals surface area contributed by atoms with Gasteiger partial charge in [0, 0.05) is 44.4 Å². The van der Waals surface area contributed by atoms with Gasteiger partial charge in [-0.15, -0.1) is 0 Å². The zero-order valence-electron chi connectivity index (χ0n) is 15.3. The highest BCUT2D eigenvalue weighted by molar-refractivity contribution is 6.10. The van der Waals surface area contributed by atoms with Crippen LogP contribution in [-0.2, 0) is 9.59 Å². The van der Waals surface area contributed by atoms with Crippen molar-refractivity contribution in [3.8, 4) is 0 Å². The van der Waals surface area contributed by atoms with Crippen LogP contribution in [0.4, 0.5) is 5.82 Å². The molecule has 2 heterocycles. The number of hydrogen-bond acceptors (Lipinski definition) is 4. The van der Waals surface area contributed by atoms with Gasteiger partial charge in [-0.25, -0.2) is 4.98 Å². The number of aromatic nitrogens is 1. The van der Waals surface area contributed by atoms with Gasteiger partial charge in [0.25, 0.3) is 0 Å². The number of Topliss-reactive ketones (excluding diaryl/α,β-unsaturated/α-hetero) is 1. The van der Waals surface area contributed by atoms with Crippen molar-refractivity contribution in [2.24, 2.45) is 0 Å². The van der Waals surface area contributed by atoms with Gasteiger partial charge >= 0.3 is 0 Å². The number of piperazine rings is 1. The molecule has 5 heteroatoms. The van der Waals surface area contributed by atoms with E-state index in [0.717, 1.165) is 36.5 Å². The van der Waals surface area contributed by atoms with Gasteiger partial charge in [0.15, 0.2) is 5.78 Å². The van der Waals surface area contributed by atoms with Crippen LogP contribution in [0.3, 0.4) is 0 Å². The second-order valence-corrected chi connectivity index (χ2v) is 6.98. The van der Waals surface area contributed by atoms with E-state index in [1.807, 2.05) is 53.4 Å². The van der Waals surface area contributed by atoms with Gasteiger partial charge in [0.05, 0.1) is 6.42 Å². The summed E-state index contributed by atoms with van der Waals surface area (Å²) < 4.78 is 0. The highest BCUT2D eigenvalue weighted by Crippen LogP contribution is 2.33. The van der Waals surface area contributed by atoms with Crippen LogP contribution in [0.2, 0.25) is 0 Å². The van der Waals surface area contributed by atoms with Crippen molar-refractivity contribution >= 4 is 23.1 Å². The molecule has 0 spiro atoms. The summed E-state index contributed by atoms with van der Waals surface area (Å²) in [5, 5.41) is 0. The summed E-state index contributed by atoms with van der Waals surface area (Å²) >= 11 is 0. The molecule has 0 radical (unpaired) electrons. The number of carbonyl (C=O) groups is 2. The first kappa shape index (κ1) is 17.5. The number of benzene rings is 1. The lowest BCUT2D eigenvalue weighted by Gasteiger charge is -2.35. The van der Waals surface area contributed by atoms with Crippen LogP contribution >= 0.6 is 0 Å². The first-order chi connectivity index (χ1) is 13.2. The minimum absolute atomic E-state index is 0.0503. The quantitative estimate of drug-likeness (QED) is 0.840. The fraction of sp³-hybridized carbons (Fsp3) is 0.318. The van der Waals surface area contributed by atoms with Gasteiger partial charge in [-0.1, -0.05) is 36.4 Å². The zero-order chi connectivity index (χ0) is 18.6. The topological polar surface area (TPSA) is 53.5 Å². The molecule has 2 aliphatic rings. The molecule has 138 valence electrons. The van der Waals surface area contributed by atoms with Crippen LogP contribution < -0.4 is 4.90 Å². The van der Waals surface area contributed by atoms with Gasteiger partial charge in [-0.3, -0.25) is 9.59 Å². The first-order valence-electron chi connectivity index (χ1n) is 9.47. The predicted octanol–water partition coefficient (Wildman–Crippen LogP) is 2.94. The Morgan fingerprint density at radius 1 is 0.926 bits per heavy atom. The molecule has 1 fully saturated rings. The molecule has 1 aromatic heterocycles. The van der Waals surface area contributed by atoms with Crippen LogP contribution in [0, 0.1) is 0 Å². The molecule has 1 aliphatic heterocycles. The Kier molecular flexibility index (Phi) is 5.01. The molecular formula is C22H23N3O2. The van der Waals surface area contributed by atoms with Gasteiger partial charge < -0.3 is 9.80 Å².